The molecular formula is C13H19N3O3. The van der Waals surface area contributed by atoms with E-state index in [9.17, 15) is 9.59 Å². The van der Waals surface area contributed by atoms with Crippen molar-refractivity contribution in [3.05, 3.63) is 29.8 Å². The Morgan fingerprint density at radius 3 is 2.32 bits per heavy atom. The molecule has 0 fully saturated rings. The van der Waals surface area contributed by atoms with E-state index in [4.69, 9.17) is 10.6 Å². The van der Waals surface area contributed by atoms with Crippen LogP contribution >= 0.6 is 0 Å². The summed E-state index contributed by atoms with van der Waals surface area (Å²) in [4.78, 5) is 28.2. The quantitative estimate of drug-likeness (QED) is 0.555. The lowest BCUT2D eigenvalue weighted by Crippen LogP contribution is -2.40. The highest BCUT2D eigenvalue weighted by Gasteiger charge is 2.13. The van der Waals surface area contributed by atoms with Gasteiger partial charge < -0.3 is 11.1 Å². The topological polar surface area (TPSA) is 93.5 Å². The van der Waals surface area contributed by atoms with Crippen LogP contribution in [0, 0.1) is 0 Å². The van der Waals surface area contributed by atoms with Crippen molar-refractivity contribution < 1.29 is 14.4 Å². The third kappa shape index (κ3) is 5.87. The molecule has 0 saturated heterocycles. The summed E-state index contributed by atoms with van der Waals surface area (Å²) >= 11 is 0. The molecule has 1 aromatic rings. The minimum Gasteiger partial charge on any atom is -0.399 e. The summed E-state index contributed by atoms with van der Waals surface area (Å²) in [5.74, 6) is -0.760. The molecule has 6 nitrogen and oxygen atoms in total. The summed E-state index contributed by atoms with van der Waals surface area (Å²) in [6, 6.07) is 6.43. The summed E-state index contributed by atoms with van der Waals surface area (Å²) in [5, 5.41) is 2.48. The molecule has 0 heterocycles. The van der Waals surface area contributed by atoms with Crippen LogP contribution in [0.3, 0.4) is 0 Å². The van der Waals surface area contributed by atoms with E-state index in [0.717, 1.165) is 0 Å². The molecule has 0 unspecified atom stereocenters. The number of nitrogen functional groups attached to an aromatic ring is 1. The van der Waals surface area contributed by atoms with Crippen molar-refractivity contribution in [2.45, 2.75) is 26.4 Å². The van der Waals surface area contributed by atoms with E-state index in [1.54, 1.807) is 45.0 Å². The molecule has 0 atom stereocenters. The fourth-order valence-corrected chi connectivity index (χ4v) is 1.14. The molecule has 104 valence electrons. The molecule has 0 aliphatic carbocycles. The first-order chi connectivity index (χ1) is 8.78. The molecule has 0 spiro atoms. The van der Waals surface area contributed by atoms with E-state index in [0.29, 0.717) is 11.3 Å². The Kier molecular flexibility index (Phi) is 4.88. The van der Waals surface area contributed by atoms with Gasteiger partial charge in [0.2, 0.25) is 0 Å². The maximum Gasteiger partial charge on any atom is 0.262 e. The second-order valence-corrected chi connectivity index (χ2v) is 5.04. The summed E-state index contributed by atoms with van der Waals surface area (Å²) in [5.41, 5.74) is 8.33. The highest BCUT2D eigenvalue weighted by Crippen LogP contribution is 2.05. The van der Waals surface area contributed by atoms with Gasteiger partial charge in [0.15, 0.2) is 0 Å². The minimum atomic E-state index is -0.476. The summed E-state index contributed by atoms with van der Waals surface area (Å²) < 4.78 is 0. The van der Waals surface area contributed by atoms with Crippen molar-refractivity contribution >= 4 is 17.5 Å². The number of carbonyl (C=O) groups excluding carboxylic acids is 2. The number of rotatable bonds is 4. The standard InChI is InChI=1S/C13H19N3O3/c1-13(2,3)19-16-11(17)8-15-12(18)9-4-6-10(14)7-5-9/h4-7H,8,14H2,1-3H3,(H,15,18)(H,16,17). The Hall–Kier alpha value is -2.08. The van der Waals surface area contributed by atoms with Crippen LogP contribution in [0.4, 0.5) is 5.69 Å². The number of hydrogen-bond acceptors (Lipinski definition) is 4. The Morgan fingerprint density at radius 1 is 1.21 bits per heavy atom. The molecular weight excluding hydrogens is 246 g/mol. The smallest absolute Gasteiger partial charge is 0.262 e. The molecule has 4 N–H and O–H groups in total. The second kappa shape index (κ2) is 6.19. The maximum atomic E-state index is 11.7. The van der Waals surface area contributed by atoms with E-state index < -0.39 is 11.5 Å². The number of nitrogens with one attached hydrogen (secondary N) is 2. The molecule has 0 aliphatic heterocycles. The normalized spacial score (nSPS) is 10.9. The second-order valence-electron chi connectivity index (χ2n) is 5.04. The zero-order chi connectivity index (χ0) is 14.5. The van der Waals surface area contributed by atoms with E-state index in [1.807, 2.05) is 0 Å². The van der Waals surface area contributed by atoms with Gasteiger partial charge in [-0.1, -0.05) is 0 Å². The van der Waals surface area contributed by atoms with Crippen LogP contribution in [0.1, 0.15) is 31.1 Å². The predicted molar refractivity (Wildman–Crippen MR) is 72.2 cm³/mol. The Balaban J connectivity index is 2.38. The van der Waals surface area contributed by atoms with Crippen molar-refractivity contribution in [2.24, 2.45) is 0 Å². The monoisotopic (exact) mass is 265 g/mol. The number of amides is 2. The highest BCUT2D eigenvalue weighted by atomic mass is 16.7. The van der Waals surface area contributed by atoms with Crippen molar-refractivity contribution in [1.29, 1.82) is 0 Å². The molecule has 19 heavy (non-hydrogen) atoms. The number of anilines is 1. The van der Waals surface area contributed by atoms with Crippen LogP contribution in [0.15, 0.2) is 24.3 Å². The Labute approximate surface area is 112 Å². The molecule has 0 saturated carbocycles. The molecule has 2 amide bonds. The first-order valence-electron chi connectivity index (χ1n) is 5.88. The third-order valence-electron chi connectivity index (χ3n) is 2.05. The van der Waals surface area contributed by atoms with E-state index in [2.05, 4.69) is 10.8 Å². The number of hydrogen-bond donors (Lipinski definition) is 3. The van der Waals surface area contributed by atoms with Crippen molar-refractivity contribution in [2.75, 3.05) is 12.3 Å². The molecule has 1 rings (SSSR count). The predicted octanol–water partition coefficient (Wildman–Crippen LogP) is 0.845. The molecule has 0 aliphatic rings. The van der Waals surface area contributed by atoms with Gasteiger partial charge in [0.05, 0.1) is 12.1 Å². The number of benzene rings is 1. The minimum absolute atomic E-state index is 0.153. The molecule has 0 radical (unpaired) electrons. The molecule has 1 aromatic carbocycles. The molecule has 6 heteroatoms. The van der Waals surface area contributed by atoms with Gasteiger partial charge in [0, 0.05) is 11.3 Å². The number of carbonyl (C=O) groups is 2. The highest BCUT2D eigenvalue weighted by molar-refractivity contribution is 5.96. The van der Waals surface area contributed by atoms with E-state index >= 15 is 0 Å². The van der Waals surface area contributed by atoms with Gasteiger partial charge in [-0.05, 0) is 45.0 Å². The van der Waals surface area contributed by atoms with Crippen LogP contribution in [0.5, 0.6) is 0 Å². The molecule has 0 bridgehead atoms. The Morgan fingerprint density at radius 2 is 1.79 bits per heavy atom. The van der Waals surface area contributed by atoms with Crippen molar-refractivity contribution in [1.82, 2.24) is 10.8 Å². The first kappa shape index (κ1) is 15.0. The van der Waals surface area contributed by atoms with Gasteiger partial charge in [-0.3, -0.25) is 14.4 Å². The summed E-state index contributed by atoms with van der Waals surface area (Å²) in [7, 11) is 0. The van der Waals surface area contributed by atoms with Crippen LogP contribution in [0.2, 0.25) is 0 Å². The summed E-state index contributed by atoms with van der Waals surface area (Å²) in [6.07, 6.45) is 0. The molecule has 0 aromatic heterocycles. The van der Waals surface area contributed by atoms with Gasteiger partial charge in [-0.25, -0.2) is 5.48 Å². The van der Waals surface area contributed by atoms with Gasteiger partial charge >= 0.3 is 0 Å². The third-order valence-corrected chi connectivity index (χ3v) is 2.05. The van der Waals surface area contributed by atoms with Gasteiger partial charge in [-0.15, -0.1) is 0 Å². The Bertz CT molecular complexity index is 449. The van der Waals surface area contributed by atoms with Gasteiger partial charge in [0.25, 0.3) is 11.8 Å². The van der Waals surface area contributed by atoms with Crippen molar-refractivity contribution in [3.8, 4) is 0 Å². The summed E-state index contributed by atoms with van der Waals surface area (Å²) in [6.45, 7) is 5.26. The van der Waals surface area contributed by atoms with E-state index in [1.165, 1.54) is 0 Å². The van der Waals surface area contributed by atoms with Gasteiger partial charge in [0.1, 0.15) is 0 Å². The number of nitrogens with two attached hydrogens (primary N) is 1. The zero-order valence-electron chi connectivity index (χ0n) is 11.3. The van der Waals surface area contributed by atoms with Crippen LogP contribution in [0.25, 0.3) is 0 Å². The SMILES string of the molecule is CC(C)(C)ONC(=O)CNC(=O)c1ccc(N)cc1. The fraction of sp³-hybridized carbons (Fsp3) is 0.385. The first-order valence-corrected chi connectivity index (χ1v) is 5.88. The van der Waals surface area contributed by atoms with Crippen LogP contribution in [-0.2, 0) is 9.63 Å². The largest absolute Gasteiger partial charge is 0.399 e. The number of hydroxylamine groups is 1. The van der Waals surface area contributed by atoms with Crippen LogP contribution < -0.4 is 16.5 Å². The lowest BCUT2D eigenvalue weighted by atomic mass is 10.2. The zero-order valence-corrected chi connectivity index (χ0v) is 11.3. The van der Waals surface area contributed by atoms with Gasteiger partial charge in [-0.2, -0.15) is 0 Å². The van der Waals surface area contributed by atoms with E-state index in [-0.39, 0.29) is 12.5 Å². The van der Waals surface area contributed by atoms with Crippen LogP contribution in [-0.4, -0.2) is 24.0 Å². The average Bonchev–Trinajstić information content (AvgIpc) is 2.33. The lowest BCUT2D eigenvalue weighted by molar-refractivity contribution is -0.144. The average molecular weight is 265 g/mol. The fourth-order valence-electron chi connectivity index (χ4n) is 1.14. The lowest BCUT2D eigenvalue weighted by Gasteiger charge is -2.18. The maximum absolute atomic E-state index is 11.7. The van der Waals surface area contributed by atoms with Crippen molar-refractivity contribution in [3.63, 3.8) is 0 Å².